The van der Waals surface area contributed by atoms with E-state index < -0.39 is 0 Å². The number of fused-ring (bicyclic) bond motifs is 1. The Morgan fingerprint density at radius 3 is 2.76 bits per heavy atom. The molecular formula is C17H20N2O2. The molecule has 0 saturated heterocycles. The zero-order chi connectivity index (χ0) is 14.7. The predicted octanol–water partition coefficient (Wildman–Crippen LogP) is 3.65. The zero-order valence-electron chi connectivity index (χ0n) is 12.3. The maximum absolute atomic E-state index is 12.3. The Bertz CT molecular complexity index is 632. The van der Waals surface area contributed by atoms with Crippen molar-refractivity contribution in [3.63, 3.8) is 0 Å². The van der Waals surface area contributed by atoms with Crippen molar-refractivity contribution in [3.05, 3.63) is 52.8 Å². The number of ether oxygens (including phenoxy) is 1. The second-order valence-electron chi connectivity index (χ2n) is 5.52. The minimum Gasteiger partial charge on any atom is -0.443 e. The Kier molecular flexibility index (Phi) is 4.04. The maximum Gasteiger partial charge on any atom is 0.435 e. The molecule has 4 heteroatoms. The molecule has 1 aliphatic rings. The fourth-order valence-electron chi connectivity index (χ4n) is 2.89. The second kappa shape index (κ2) is 6.12. The van der Waals surface area contributed by atoms with Gasteiger partial charge in [0.05, 0.1) is 11.4 Å². The van der Waals surface area contributed by atoms with Gasteiger partial charge in [-0.2, -0.15) is 9.78 Å². The van der Waals surface area contributed by atoms with Crippen LogP contribution < -0.4 is 0 Å². The quantitative estimate of drug-likeness (QED) is 0.791. The average Bonchev–Trinajstić information content (AvgIpc) is 2.69. The van der Waals surface area contributed by atoms with Gasteiger partial charge in [-0.05, 0) is 43.7 Å². The van der Waals surface area contributed by atoms with E-state index in [4.69, 9.17) is 4.74 Å². The van der Waals surface area contributed by atoms with Crippen LogP contribution in [0.1, 0.15) is 41.8 Å². The van der Waals surface area contributed by atoms with Crippen LogP contribution >= 0.6 is 0 Å². The predicted molar refractivity (Wildman–Crippen MR) is 80.2 cm³/mol. The summed E-state index contributed by atoms with van der Waals surface area (Å²) in [4.78, 5) is 12.3. The number of hydrogen-bond donors (Lipinski definition) is 0. The number of carbonyl (C=O) groups is 1. The fourth-order valence-corrected chi connectivity index (χ4v) is 2.89. The van der Waals surface area contributed by atoms with Crippen LogP contribution in [0.2, 0.25) is 0 Å². The van der Waals surface area contributed by atoms with Crippen LogP contribution in [0.4, 0.5) is 4.79 Å². The molecule has 1 aromatic heterocycles. The standard InChI is InChI=1S/C17H20N2O2/c1-13-15-10-6-3-7-11-16(15)19(18-13)17(20)21-12-14-8-4-2-5-9-14/h2,4-5,8-9H,3,6-7,10-12H2,1H3. The number of benzene rings is 1. The molecule has 21 heavy (non-hydrogen) atoms. The molecule has 4 nitrogen and oxygen atoms in total. The van der Waals surface area contributed by atoms with Crippen LogP contribution in [-0.2, 0) is 24.2 Å². The summed E-state index contributed by atoms with van der Waals surface area (Å²) in [6, 6.07) is 9.72. The van der Waals surface area contributed by atoms with Crippen molar-refractivity contribution in [1.29, 1.82) is 0 Å². The Morgan fingerprint density at radius 1 is 1.19 bits per heavy atom. The average molecular weight is 284 g/mol. The van der Waals surface area contributed by atoms with E-state index in [0.29, 0.717) is 0 Å². The third-order valence-electron chi connectivity index (χ3n) is 4.01. The number of nitrogens with zero attached hydrogens (tertiary/aromatic N) is 2. The van der Waals surface area contributed by atoms with Crippen molar-refractivity contribution in [2.75, 3.05) is 0 Å². The van der Waals surface area contributed by atoms with Crippen molar-refractivity contribution in [1.82, 2.24) is 9.78 Å². The smallest absolute Gasteiger partial charge is 0.435 e. The first-order valence-electron chi connectivity index (χ1n) is 7.54. The molecule has 3 rings (SSSR count). The summed E-state index contributed by atoms with van der Waals surface area (Å²) < 4.78 is 6.87. The number of aromatic nitrogens is 2. The maximum atomic E-state index is 12.3. The van der Waals surface area contributed by atoms with Crippen LogP contribution in [0.15, 0.2) is 30.3 Å². The molecule has 0 spiro atoms. The van der Waals surface area contributed by atoms with Gasteiger partial charge in [-0.25, -0.2) is 4.79 Å². The summed E-state index contributed by atoms with van der Waals surface area (Å²) in [6.45, 7) is 2.26. The van der Waals surface area contributed by atoms with Gasteiger partial charge in [-0.1, -0.05) is 36.8 Å². The van der Waals surface area contributed by atoms with Crippen molar-refractivity contribution >= 4 is 6.09 Å². The molecule has 0 atom stereocenters. The van der Waals surface area contributed by atoms with Gasteiger partial charge in [0.15, 0.2) is 0 Å². The van der Waals surface area contributed by atoms with E-state index in [9.17, 15) is 4.79 Å². The van der Waals surface area contributed by atoms with Crippen molar-refractivity contribution < 1.29 is 9.53 Å². The van der Waals surface area contributed by atoms with E-state index in [-0.39, 0.29) is 12.7 Å². The first-order valence-corrected chi connectivity index (χ1v) is 7.54. The lowest BCUT2D eigenvalue weighted by atomic mass is 10.1. The highest BCUT2D eigenvalue weighted by Gasteiger charge is 2.21. The minimum atomic E-state index is -0.370. The topological polar surface area (TPSA) is 44.1 Å². The molecule has 0 amide bonds. The van der Waals surface area contributed by atoms with Gasteiger partial charge in [-0.3, -0.25) is 0 Å². The molecule has 1 heterocycles. The van der Waals surface area contributed by atoms with Crippen LogP contribution in [0.3, 0.4) is 0 Å². The summed E-state index contributed by atoms with van der Waals surface area (Å²) in [7, 11) is 0. The third kappa shape index (κ3) is 2.99. The lowest BCUT2D eigenvalue weighted by Gasteiger charge is -2.07. The van der Waals surface area contributed by atoms with Gasteiger partial charge in [0.25, 0.3) is 0 Å². The lowest BCUT2D eigenvalue weighted by Crippen LogP contribution is -2.18. The fraction of sp³-hybridized carbons (Fsp3) is 0.412. The summed E-state index contributed by atoms with van der Waals surface area (Å²) in [6.07, 6.45) is 5.07. The highest BCUT2D eigenvalue weighted by molar-refractivity contribution is 5.71. The van der Waals surface area contributed by atoms with Gasteiger partial charge in [-0.15, -0.1) is 0 Å². The van der Waals surface area contributed by atoms with Crippen molar-refractivity contribution in [2.24, 2.45) is 0 Å². The molecule has 2 aromatic rings. The number of hydrogen-bond acceptors (Lipinski definition) is 3. The van der Waals surface area contributed by atoms with E-state index in [2.05, 4.69) is 5.10 Å². The molecule has 0 saturated carbocycles. The second-order valence-corrected chi connectivity index (χ2v) is 5.52. The van der Waals surface area contributed by atoms with Crippen LogP contribution in [0, 0.1) is 6.92 Å². The largest absolute Gasteiger partial charge is 0.443 e. The van der Waals surface area contributed by atoms with Gasteiger partial charge < -0.3 is 4.74 Å². The van der Waals surface area contributed by atoms with Gasteiger partial charge in [0, 0.05) is 0 Å². The van der Waals surface area contributed by atoms with E-state index in [0.717, 1.165) is 36.2 Å². The Hall–Kier alpha value is -2.10. The SMILES string of the molecule is Cc1nn(C(=O)OCc2ccccc2)c2c1CCCCC2. The normalized spacial score (nSPS) is 14.3. The first-order chi connectivity index (χ1) is 10.3. The molecule has 0 N–H and O–H groups in total. The molecule has 1 aliphatic carbocycles. The highest BCUT2D eigenvalue weighted by Crippen LogP contribution is 2.23. The summed E-state index contributed by atoms with van der Waals surface area (Å²) in [5, 5.41) is 4.39. The van der Waals surface area contributed by atoms with E-state index in [1.54, 1.807) is 0 Å². The molecule has 0 radical (unpaired) electrons. The zero-order valence-corrected chi connectivity index (χ0v) is 12.3. The lowest BCUT2D eigenvalue weighted by molar-refractivity contribution is 0.137. The third-order valence-corrected chi connectivity index (χ3v) is 4.01. The number of rotatable bonds is 2. The number of aryl methyl sites for hydroxylation is 1. The van der Waals surface area contributed by atoms with E-state index in [1.807, 2.05) is 37.3 Å². The molecular weight excluding hydrogens is 264 g/mol. The molecule has 1 aromatic carbocycles. The molecule has 0 fully saturated rings. The number of carbonyl (C=O) groups excluding carboxylic acids is 1. The van der Waals surface area contributed by atoms with Crippen molar-refractivity contribution in [3.8, 4) is 0 Å². The molecule has 0 bridgehead atoms. The van der Waals surface area contributed by atoms with Crippen LogP contribution in [0.5, 0.6) is 0 Å². The molecule has 110 valence electrons. The summed E-state index contributed by atoms with van der Waals surface area (Å²) in [5.74, 6) is 0. The van der Waals surface area contributed by atoms with E-state index >= 15 is 0 Å². The Morgan fingerprint density at radius 2 is 1.95 bits per heavy atom. The van der Waals surface area contributed by atoms with E-state index in [1.165, 1.54) is 23.1 Å². The van der Waals surface area contributed by atoms with Gasteiger partial charge in [0.2, 0.25) is 0 Å². The van der Waals surface area contributed by atoms with Crippen LogP contribution in [0.25, 0.3) is 0 Å². The highest BCUT2D eigenvalue weighted by atomic mass is 16.6. The first kappa shape index (κ1) is 13.9. The Labute approximate surface area is 124 Å². The monoisotopic (exact) mass is 284 g/mol. The Balaban J connectivity index is 1.76. The summed E-state index contributed by atoms with van der Waals surface area (Å²) >= 11 is 0. The summed E-state index contributed by atoms with van der Waals surface area (Å²) in [5.41, 5.74) is 4.23. The molecule has 0 aliphatic heterocycles. The van der Waals surface area contributed by atoms with Gasteiger partial charge >= 0.3 is 6.09 Å². The minimum absolute atomic E-state index is 0.285. The van der Waals surface area contributed by atoms with Crippen molar-refractivity contribution in [2.45, 2.75) is 45.6 Å². The molecule has 0 unspecified atom stereocenters. The van der Waals surface area contributed by atoms with Gasteiger partial charge in [0.1, 0.15) is 6.61 Å². The van der Waals surface area contributed by atoms with Crippen LogP contribution in [-0.4, -0.2) is 15.9 Å².